The number of azide groups is 1. The van der Waals surface area contributed by atoms with E-state index in [1.807, 2.05) is 60.7 Å². The van der Waals surface area contributed by atoms with Crippen LogP contribution < -0.4 is 0 Å². The lowest BCUT2D eigenvalue weighted by Gasteiger charge is -2.01. The third-order valence-corrected chi connectivity index (χ3v) is 2.61. The summed E-state index contributed by atoms with van der Waals surface area (Å²) in [5.74, 6) is 0. The van der Waals surface area contributed by atoms with Crippen molar-refractivity contribution in [2.75, 3.05) is 0 Å². The molecule has 0 heterocycles. The molecule has 0 fully saturated rings. The molecule has 0 amide bonds. The fraction of sp³-hybridized carbons (Fsp3) is 0.0667. The van der Waals surface area contributed by atoms with Crippen molar-refractivity contribution in [3.05, 3.63) is 81.7 Å². The van der Waals surface area contributed by atoms with Crippen LogP contribution in [0.5, 0.6) is 0 Å². The first-order valence-corrected chi connectivity index (χ1v) is 5.72. The van der Waals surface area contributed by atoms with E-state index in [9.17, 15) is 0 Å². The average Bonchev–Trinajstić information content (AvgIpc) is 2.45. The zero-order valence-corrected chi connectivity index (χ0v) is 9.90. The third kappa shape index (κ3) is 3.24. The lowest BCUT2D eigenvalue weighted by molar-refractivity contribution is 1.04. The molecule has 88 valence electrons. The summed E-state index contributed by atoms with van der Waals surface area (Å²) >= 11 is 0. The van der Waals surface area contributed by atoms with E-state index in [4.69, 9.17) is 5.53 Å². The smallest absolute Gasteiger partial charge is 0.0516 e. The molecule has 2 rings (SSSR count). The van der Waals surface area contributed by atoms with Crippen LogP contribution >= 0.6 is 0 Å². The van der Waals surface area contributed by atoms with Crippen LogP contribution in [-0.4, -0.2) is 0 Å². The Bertz CT molecular complexity index is 582. The van der Waals surface area contributed by atoms with Gasteiger partial charge in [-0.3, -0.25) is 0 Å². The van der Waals surface area contributed by atoms with Crippen LogP contribution in [0, 0.1) is 0 Å². The molecule has 0 aliphatic rings. The molecule has 0 bridgehead atoms. The molecule has 0 saturated carbocycles. The molecule has 0 unspecified atom stereocenters. The summed E-state index contributed by atoms with van der Waals surface area (Å²) in [6.07, 6.45) is 4.09. The normalized spacial score (nSPS) is 10.2. The maximum absolute atomic E-state index is 8.37. The summed E-state index contributed by atoms with van der Waals surface area (Å²) in [7, 11) is 0. The van der Waals surface area contributed by atoms with Crippen LogP contribution in [-0.2, 0) is 6.54 Å². The fourth-order valence-corrected chi connectivity index (χ4v) is 1.70. The Kier molecular flexibility index (Phi) is 4.17. The van der Waals surface area contributed by atoms with Gasteiger partial charge in [0.25, 0.3) is 0 Å². The third-order valence-electron chi connectivity index (χ3n) is 2.61. The Morgan fingerprint density at radius 3 is 2.44 bits per heavy atom. The highest BCUT2D eigenvalue weighted by Crippen LogP contribution is 2.14. The highest BCUT2D eigenvalue weighted by Gasteiger charge is 1.96. The molecule has 0 spiro atoms. The standard InChI is InChI=1S/C15H13N3/c16-18-17-12-15-9-5-4-8-14(15)11-10-13-6-2-1-3-7-13/h1-11H,12H2. The van der Waals surface area contributed by atoms with Crippen molar-refractivity contribution in [2.24, 2.45) is 5.11 Å². The summed E-state index contributed by atoms with van der Waals surface area (Å²) in [6, 6.07) is 18.0. The molecule has 3 nitrogen and oxygen atoms in total. The maximum Gasteiger partial charge on any atom is 0.0516 e. The van der Waals surface area contributed by atoms with Crippen molar-refractivity contribution in [1.82, 2.24) is 0 Å². The second-order valence-electron chi connectivity index (χ2n) is 3.83. The molecule has 0 N–H and O–H groups in total. The van der Waals surface area contributed by atoms with Gasteiger partial charge >= 0.3 is 0 Å². The van der Waals surface area contributed by atoms with Gasteiger partial charge in [0.2, 0.25) is 0 Å². The van der Waals surface area contributed by atoms with E-state index in [1.165, 1.54) is 0 Å². The topological polar surface area (TPSA) is 48.8 Å². The van der Waals surface area contributed by atoms with Crippen LogP contribution in [0.3, 0.4) is 0 Å². The van der Waals surface area contributed by atoms with Gasteiger partial charge in [-0.05, 0) is 22.2 Å². The van der Waals surface area contributed by atoms with Gasteiger partial charge in [-0.2, -0.15) is 0 Å². The van der Waals surface area contributed by atoms with E-state index in [2.05, 4.69) is 16.1 Å². The number of nitrogens with zero attached hydrogens (tertiary/aromatic N) is 3. The molecule has 0 atom stereocenters. The largest absolute Gasteiger partial charge is 0.0893 e. The summed E-state index contributed by atoms with van der Waals surface area (Å²) < 4.78 is 0. The molecule has 0 aliphatic carbocycles. The molecule has 2 aromatic carbocycles. The number of hydrogen-bond acceptors (Lipinski definition) is 1. The monoisotopic (exact) mass is 235 g/mol. The van der Waals surface area contributed by atoms with Gasteiger partial charge in [-0.15, -0.1) is 0 Å². The molecule has 18 heavy (non-hydrogen) atoms. The molecule has 0 radical (unpaired) electrons. The van der Waals surface area contributed by atoms with Crippen LogP contribution in [0.25, 0.3) is 22.6 Å². The minimum Gasteiger partial charge on any atom is -0.0893 e. The molecular formula is C15H13N3. The van der Waals surface area contributed by atoms with E-state index in [1.54, 1.807) is 0 Å². The summed E-state index contributed by atoms with van der Waals surface area (Å²) in [6.45, 7) is 0.381. The predicted octanol–water partition coefficient (Wildman–Crippen LogP) is 4.67. The zero-order chi connectivity index (χ0) is 12.6. The van der Waals surface area contributed by atoms with Crippen LogP contribution in [0.1, 0.15) is 16.7 Å². The molecule has 3 heteroatoms. The van der Waals surface area contributed by atoms with E-state index in [-0.39, 0.29) is 0 Å². The van der Waals surface area contributed by atoms with Gasteiger partial charge in [0, 0.05) is 4.91 Å². The van der Waals surface area contributed by atoms with Crippen LogP contribution in [0.4, 0.5) is 0 Å². The SMILES string of the molecule is [N-]=[N+]=NCc1ccccc1C=Cc1ccccc1. The van der Waals surface area contributed by atoms with Gasteiger partial charge in [0.1, 0.15) is 0 Å². The van der Waals surface area contributed by atoms with E-state index in [0.717, 1.165) is 16.7 Å². The Morgan fingerprint density at radius 1 is 0.944 bits per heavy atom. The first-order valence-electron chi connectivity index (χ1n) is 5.72. The van der Waals surface area contributed by atoms with E-state index >= 15 is 0 Å². The van der Waals surface area contributed by atoms with Crippen molar-refractivity contribution in [3.63, 3.8) is 0 Å². The minimum atomic E-state index is 0.381. The number of hydrogen-bond donors (Lipinski definition) is 0. The molecule has 0 saturated heterocycles. The second-order valence-corrected chi connectivity index (χ2v) is 3.83. The van der Waals surface area contributed by atoms with Crippen molar-refractivity contribution >= 4 is 12.2 Å². The Labute approximate surface area is 106 Å². The lowest BCUT2D eigenvalue weighted by Crippen LogP contribution is -1.85. The van der Waals surface area contributed by atoms with Gasteiger partial charge in [-0.1, -0.05) is 71.9 Å². The second kappa shape index (κ2) is 6.28. The van der Waals surface area contributed by atoms with Crippen molar-refractivity contribution in [3.8, 4) is 0 Å². The summed E-state index contributed by atoms with van der Waals surface area (Å²) in [5, 5.41) is 3.60. The Hall–Kier alpha value is -2.51. The highest BCUT2D eigenvalue weighted by atomic mass is 15.1. The fourth-order valence-electron chi connectivity index (χ4n) is 1.70. The quantitative estimate of drug-likeness (QED) is 0.320. The van der Waals surface area contributed by atoms with E-state index < -0.39 is 0 Å². The molecule has 0 aliphatic heterocycles. The van der Waals surface area contributed by atoms with Crippen LogP contribution in [0.15, 0.2) is 59.7 Å². The summed E-state index contributed by atoms with van der Waals surface area (Å²) in [4.78, 5) is 2.79. The van der Waals surface area contributed by atoms with Gasteiger partial charge in [0.05, 0.1) is 6.54 Å². The highest BCUT2D eigenvalue weighted by molar-refractivity contribution is 5.71. The van der Waals surface area contributed by atoms with Crippen molar-refractivity contribution in [1.29, 1.82) is 0 Å². The molecule has 2 aromatic rings. The lowest BCUT2D eigenvalue weighted by atomic mass is 10.1. The van der Waals surface area contributed by atoms with Gasteiger partial charge < -0.3 is 0 Å². The van der Waals surface area contributed by atoms with Gasteiger partial charge in [-0.25, -0.2) is 0 Å². The first-order chi connectivity index (χ1) is 8.90. The van der Waals surface area contributed by atoms with Crippen molar-refractivity contribution in [2.45, 2.75) is 6.54 Å². The minimum absolute atomic E-state index is 0.381. The molecule has 0 aromatic heterocycles. The number of rotatable bonds is 4. The van der Waals surface area contributed by atoms with Crippen molar-refractivity contribution < 1.29 is 0 Å². The average molecular weight is 235 g/mol. The Balaban J connectivity index is 2.23. The first kappa shape index (κ1) is 12.0. The molecular weight excluding hydrogens is 222 g/mol. The maximum atomic E-state index is 8.37. The predicted molar refractivity (Wildman–Crippen MR) is 74.7 cm³/mol. The zero-order valence-electron chi connectivity index (χ0n) is 9.90. The van der Waals surface area contributed by atoms with Gasteiger partial charge in [0.15, 0.2) is 0 Å². The summed E-state index contributed by atoms with van der Waals surface area (Å²) in [5.41, 5.74) is 11.6. The van der Waals surface area contributed by atoms with Crippen LogP contribution in [0.2, 0.25) is 0 Å². The Morgan fingerprint density at radius 2 is 1.67 bits per heavy atom. The number of benzene rings is 2. The van der Waals surface area contributed by atoms with E-state index in [0.29, 0.717) is 6.54 Å².